The van der Waals surface area contributed by atoms with Gasteiger partial charge >= 0.3 is 0 Å². The molecule has 0 N–H and O–H groups in total. The SMILES string of the molecule is CC1(C)OCC(N(C(=O)CCC=O)C2COC(C)(C)OC2)CO1. The molecule has 0 aromatic rings. The van der Waals surface area contributed by atoms with Crippen molar-refractivity contribution >= 4 is 12.2 Å². The van der Waals surface area contributed by atoms with Crippen LogP contribution in [0.1, 0.15) is 40.5 Å². The van der Waals surface area contributed by atoms with E-state index in [2.05, 4.69) is 0 Å². The Balaban J connectivity index is 2.06. The van der Waals surface area contributed by atoms with E-state index in [1.54, 1.807) is 4.90 Å². The molecule has 2 rings (SSSR count). The molecule has 0 spiro atoms. The van der Waals surface area contributed by atoms with E-state index in [1.807, 2.05) is 27.7 Å². The monoisotopic (exact) mass is 329 g/mol. The molecule has 0 aliphatic carbocycles. The van der Waals surface area contributed by atoms with Crippen LogP contribution in [-0.2, 0) is 28.5 Å². The van der Waals surface area contributed by atoms with Crippen molar-refractivity contribution in [2.75, 3.05) is 26.4 Å². The van der Waals surface area contributed by atoms with Crippen molar-refractivity contribution < 1.29 is 28.5 Å². The molecule has 2 heterocycles. The van der Waals surface area contributed by atoms with Crippen LogP contribution in [0.15, 0.2) is 0 Å². The topological polar surface area (TPSA) is 74.3 Å². The van der Waals surface area contributed by atoms with Crippen molar-refractivity contribution in [1.82, 2.24) is 4.90 Å². The zero-order valence-electron chi connectivity index (χ0n) is 14.4. The van der Waals surface area contributed by atoms with Crippen LogP contribution >= 0.6 is 0 Å². The van der Waals surface area contributed by atoms with Gasteiger partial charge in [-0.1, -0.05) is 0 Å². The molecule has 132 valence electrons. The van der Waals surface area contributed by atoms with Crippen LogP contribution in [0.3, 0.4) is 0 Å². The Kier molecular flexibility index (Phi) is 5.78. The Morgan fingerprint density at radius 2 is 1.35 bits per heavy atom. The van der Waals surface area contributed by atoms with Gasteiger partial charge in [-0.15, -0.1) is 0 Å². The molecule has 0 bridgehead atoms. The van der Waals surface area contributed by atoms with E-state index >= 15 is 0 Å². The van der Waals surface area contributed by atoms with Crippen LogP contribution in [0.4, 0.5) is 0 Å². The molecule has 2 saturated heterocycles. The highest BCUT2D eigenvalue weighted by molar-refractivity contribution is 5.79. The van der Waals surface area contributed by atoms with Gasteiger partial charge in [0.1, 0.15) is 6.29 Å². The molecule has 2 aliphatic rings. The lowest BCUT2D eigenvalue weighted by Gasteiger charge is -2.46. The molecule has 0 radical (unpaired) electrons. The van der Waals surface area contributed by atoms with Crippen molar-refractivity contribution in [1.29, 1.82) is 0 Å². The fourth-order valence-electron chi connectivity index (χ4n) is 2.71. The molecule has 7 heteroatoms. The van der Waals surface area contributed by atoms with E-state index in [1.165, 1.54) is 0 Å². The molecule has 0 aromatic carbocycles. The number of hydrogen-bond acceptors (Lipinski definition) is 6. The maximum Gasteiger partial charge on any atom is 0.223 e. The summed E-state index contributed by atoms with van der Waals surface area (Å²) >= 11 is 0. The lowest BCUT2D eigenvalue weighted by atomic mass is 10.1. The number of nitrogens with zero attached hydrogens (tertiary/aromatic N) is 1. The Hall–Kier alpha value is -1.02. The molecule has 1 amide bonds. The van der Waals surface area contributed by atoms with Gasteiger partial charge in [0.15, 0.2) is 11.6 Å². The number of rotatable bonds is 5. The van der Waals surface area contributed by atoms with E-state index in [9.17, 15) is 9.59 Å². The second kappa shape index (κ2) is 7.25. The highest BCUT2D eigenvalue weighted by atomic mass is 16.7. The third-order valence-corrected chi connectivity index (χ3v) is 4.04. The average Bonchev–Trinajstić information content (AvgIpc) is 2.48. The van der Waals surface area contributed by atoms with Gasteiger partial charge in [0.05, 0.1) is 38.5 Å². The van der Waals surface area contributed by atoms with Gasteiger partial charge in [-0.25, -0.2) is 0 Å². The van der Waals surface area contributed by atoms with Gasteiger partial charge in [0, 0.05) is 12.8 Å². The number of ether oxygens (including phenoxy) is 4. The molecule has 0 saturated carbocycles. The van der Waals surface area contributed by atoms with Crippen molar-refractivity contribution in [2.24, 2.45) is 0 Å². The first kappa shape index (κ1) is 18.3. The molecule has 2 fully saturated rings. The smallest absolute Gasteiger partial charge is 0.223 e. The summed E-state index contributed by atoms with van der Waals surface area (Å²) in [7, 11) is 0. The zero-order chi connectivity index (χ0) is 17.1. The number of carbonyl (C=O) groups is 2. The summed E-state index contributed by atoms with van der Waals surface area (Å²) in [5, 5.41) is 0. The molecule has 0 atom stereocenters. The van der Waals surface area contributed by atoms with Gasteiger partial charge in [0.2, 0.25) is 5.91 Å². The Morgan fingerprint density at radius 3 is 1.70 bits per heavy atom. The van der Waals surface area contributed by atoms with E-state index in [0.29, 0.717) is 26.4 Å². The Bertz CT molecular complexity index is 388. The largest absolute Gasteiger partial charge is 0.348 e. The lowest BCUT2D eigenvalue weighted by Crippen LogP contribution is -2.60. The maximum atomic E-state index is 12.6. The zero-order valence-corrected chi connectivity index (χ0v) is 14.4. The minimum atomic E-state index is -0.643. The quantitative estimate of drug-likeness (QED) is 0.703. The predicted molar refractivity (Wildman–Crippen MR) is 81.7 cm³/mol. The maximum absolute atomic E-state index is 12.6. The highest BCUT2D eigenvalue weighted by Gasteiger charge is 2.40. The summed E-state index contributed by atoms with van der Waals surface area (Å²) in [6, 6.07) is -0.416. The molecule has 23 heavy (non-hydrogen) atoms. The van der Waals surface area contributed by atoms with Gasteiger partial charge in [-0.05, 0) is 27.7 Å². The molecule has 2 aliphatic heterocycles. The molecular formula is C16H27NO6. The minimum Gasteiger partial charge on any atom is -0.348 e. The number of amides is 1. The molecule has 0 unspecified atom stereocenters. The van der Waals surface area contributed by atoms with Crippen LogP contribution in [0, 0.1) is 0 Å². The summed E-state index contributed by atoms with van der Waals surface area (Å²) in [5.74, 6) is -1.39. The third kappa shape index (κ3) is 4.97. The summed E-state index contributed by atoms with van der Waals surface area (Å²) in [4.78, 5) is 24.9. The second-order valence-corrected chi connectivity index (χ2v) is 6.86. The van der Waals surface area contributed by atoms with Crippen LogP contribution in [0.2, 0.25) is 0 Å². The Morgan fingerprint density at radius 1 is 0.957 bits per heavy atom. The molecule has 7 nitrogen and oxygen atoms in total. The van der Waals surface area contributed by atoms with E-state index in [0.717, 1.165) is 6.29 Å². The predicted octanol–water partition coefficient (Wildman–Crippen LogP) is 1.10. The number of hydrogen-bond donors (Lipinski definition) is 0. The molecule has 0 aromatic heterocycles. The fraction of sp³-hybridized carbons (Fsp3) is 0.875. The third-order valence-electron chi connectivity index (χ3n) is 4.04. The van der Waals surface area contributed by atoms with Crippen LogP contribution in [0.5, 0.6) is 0 Å². The van der Waals surface area contributed by atoms with Crippen LogP contribution in [0.25, 0.3) is 0 Å². The summed E-state index contributed by atoms with van der Waals surface area (Å²) in [6.07, 6.45) is 1.13. The van der Waals surface area contributed by atoms with Crippen molar-refractivity contribution in [2.45, 2.75) is 64.2 Å². The summed E-state index contributed by atoms with van der Waals surface area (Å²) in [6.45, 7) is 8.93. The minimum absolute atomic E-state index is 0.106. The van der Waals surface area contributed by atoms with E-state index in [4.69, 9.17) is 18.9 Å². The highest BCUT2D eigenvalue weighted by Crippen LogP contribution is 2.26. The average molecular weight is 329 g/mol. The van der Waals surface area contributed by atoms with E-state index in [-0.39, 0.29) is 30.8 Å². The van der Waals surface area contributed by atoms with Gasteiger partial charge in [-0.2, -0.15) is 0 Å². The molecular weight excluding hydrogens is 302 g/mol. The van der Waals surface area contributed by atoms with Crippen molar-refractivity contribution in [3.8, 4) is 0 Å². The van der Waals surface area contributed by atoms with E-state index < -0.39 is 11.6 Å². The first-order valence-corrected chi connectivity index (χ1v) is 8.05. The van der Waals surface area contributed by atoms with Crippen molar-refractivity contribution in [3.63, 3.8) is 0 Å². The first-order chi connectivity index (χ1) is 10.7. The second-order valence-electron chi connectivity index (χ2n) is 6.86. The summed E-state index contributed by atoms with van der Waals surface area (Å²) < 4.78 is 22.7. The standard InChI is InChI=1S/C16H27NO6/c1-15(2)20-8-12(9-21-15)17(14(19)6-5-7-18)13-10-22-16(3,4)23-11-13/h7,12-13H,5-6,8-11H2,1-4H3. The van der Waals surface area contributed by atoms with Crippen molar-refractivity contribution in [3.05, 3.63) is 0 Å². The summed E-state index contributed by atoms with van der Waals surface area (Å²) in [5.41, 5.74) is 0. The van der Waals surface area contributed by atoms with Gasteiger partial charge in [-0.3, -0.25) is 4.79 Å². The van der Waals surface area contributed by atoms with Crippen LogP contribution < -0.4 is 0 Å². The number of carbonyl (C=O) groups excluding carboxylic acids is 2. The van der Waals surface area contributed by atoms with Crippen LogP contribution in [-0.4, -0.2) is 67.2 Å². The normalized spacial score (nSPS) is 25.0. The van der Waals surface area contributed by atoms with Gasteiger partial charge in [0.25, 0.3) is 0 Å². The first-order valence-electron chi connectivity index (χ1n) is 8.05. The fourth-order valence-corrected chi connectivity index (χ4v) is 2.71. The number of aldehydes is 1. The lowest BCUT2D eigenvalue weighted by molar-refractivity contribution is -0.285. The Labute approximate surface area is 137 Å². The van der Waals surface area contributed by atoms with Gasteiger partial charge < -0.3 is 28.6 Å².